The molecular formula is C35H31Cl2N5O2S. The molecule has 0 aliphatic carbocycles. The van der Waals surface area contributed by atoms with Gasteiger partial charge in [0.1, 0.15) is 18.4 Å². The average molecular weight is 657 g/mol. The Hall–Kier alpha value is -4.24. The monoisotopic (exact) mass is 655 g/mol. The Balaban J connectivity index is 1.34. The van der Waals surface area contributed by atoms with E-state index in [4.69, 9.17) is 38.0 Å². The normalized spacial score (nSPS) is 14.1. The molecule has 2 heterocycles. The number of thioether (sulfide) groups is 1. The number of hydrogen-bond acceptors (Lipinski definition) is 6. The molecule has 7 nitrogen and oxygen atoms in total. The van der Waals surface area contributed by atoms with Gasteiger partial charge in [-0.15, -0.1) is 5.10 Å². The molecular weight excluding hydrogens is 625 g/mol. The first-order chi connectivity index (χ1) is 21.8. The van der Waals surface area contributed by atoms with E-state index in [1.807, 2.05) is 112 Å². The van der Waals surface area contributed by atoms with Crippen molar-refractivity contribution in [2.24, 2.45) is 0 Å². The van der Waals surface area contributed by atoms with E-state index in [1.54, 1.807) is 4.68 Å². The van der Waals surface area contributed by atoms with Crippen LogP contribution in [0, 0.1) is 13.8 Å². The highest BCUT2D eigenvalue weighted by atomic mass is 35.5. The summed E-state index contributed by atoms with van der Waals surface area (Å²) in [4.78, 5) is 18.8. The Kier molecular flexibility index (Phi) is 9.16. The van der Waals surface area contributed by atoms with Gasteiger partial charge in [-0.1, -0.05) is 101 Å². The number of carbonyl (C=O) groups excluding carboxylic acids is 1. The van der Waals surface area contributed by atoms with Crippen LogP contribution in [0.25, 0.3) is 0 Å². The van der Waals surface area contributed by atoms with Crippen LogP contribution in [-0.2, 0) is 17.2 Å². The number of halogens is 2. The molecule has 10 heteroatoms. The first kappa shape index (κ1) is 30.8. The number of ether oxygens (including phenoxy) is 1. The van der Waals surface area contributed by atoms with E-state index in [0.29, 0.717) is 50.5 Å². The lowest BCUT2D eigenvalue weighted by Crippen LogP contribution is -2.31. The predicted octanol–water partition coefficient (Wildman–Crippen LogP) is 9.00. The molecule has 4 aromatic carbocycles. The maximum atomic E-state index is 14.1. The molecule has 0 bridgehead atoms. The first-order valence-corrected chi connectivity index (χ1v) is 16.2. The summed E-state index contributed by atoms with van der Waals surface area (Å²) in [5.74, 6) is 1.56. The van der Waals surface area contributed by atoms with Crippen molar-refractivity contribution in [2.45, 2.75) is 44.3 Å². The summed E-state index contributed by atoms with van der Waals surface area (Å²) in [5.41, 5.74) is 6.78. The molecule has 0 saturated heterocycles. The van der Waals surface area contributed by atoms with Crippen molar-refractivity contribution < 1.29 is 9.53 Å². The third-order valence-electron chi connectivity index (χ3n) is 7.55. The quantitative estimate of drug-likeness (QED) is 0.154. The molecule has 0 radical (unpaired) electrons. The Labute approximate surface area is 276 Å². The largest absolute Gasteiger partial charge is 0.489 e. The summed E-state index contributed by atoms with van der Waals surface area (Å²) >= 11 is 14.2. The van der Waals surface area contributed by atoms with Crippen LogP contribution >= 0.6 is 35.0 Å². The lowest BCUT2D eigenvalue weighted by Gasteiger charge is -2.29. The van der Waals surface area contributed by atoms with Gasteiger partial charge in [-0.2, -0.15) is 4.98 Å². The zero-order chi connectivity index (χ0) is 31.5. The highest BCUT2D eigenvalue weighted by molar-refractivity contribution is 7.98. The van der Waals surface area contributed by atoms with Gasteiger partial charge in [0.15, 0.2) is 0 Å². The summed E-state index contributed by atoms with van der Waals surface area (Å²) in [6.07, 6.45) is 0. The lowest BCUT2D eigenvalue weighted by molar-refractivity contribution is -0.113. The Morgan fingerprint density at radius 1 is 0.933 bits per heavy atom. The van der Waals surface area contributed by atoms with Gasteiger partial charge >= 0.3 is 0 Å². The number of nitrogens with one attached hydrogen (secondary N) is 2. The van der Waals surface area contributed by atoms with Crippen molar-refractivity contribution >= 4 is 52.5 Å². The van der Waals surface area contributed by atoms with Gasteiger partial charge in [-0.3, -0.25) is 4.79 Å². The maximum Gasteiger partial charge on any atom is 0.255 e. The van der Waals surface area contributed by atoms with E-state index in [0.717, 1.165) is 33.5 Å². The second kappa shape index (κ2) is 13.4. The second-order valence-electron chi connectivity index (χ2n) is 10.8. The number of benzene rings is 4. The number of carbonyl (C=O) groups is 1. The minimum atomic E-state index is -0.571. The molecule has 6 rings (SSSR count). The standard InChI is InChI=1S/C35H31Cl2N5O2S/c1-21-15-16-30(22(2)17-21)39-33(43)31-23(3)38-34-40-35(45-20-26-10-5-7-14-29(26)37)41-42(34)32(31)24-11-8-12-27(18-24)44-19-25-9-4-6-13-28(25)36/h4-18,32H,19-20H2,1-3H3,(H,39,43)(H,38,40,41). The van der Waals surface area contributed by atoms with Crippen molar-refractivity contribution in [3.05, 3.63) is 140 Å². The zero-order valence-electron chi connectivity index (χ0n) is 25.0. The van der Waals surface area contributed by atoms with E-state index in [1.165, 1.54) is 11.8 Å². The fourth-order valence-electron chi connectivity index (χ4n) is 5.25. The van der Waals surface area contributed by atoms with Crippen LogP contribution in [0.2, 0.25) is 10.0 Å². The van der Waals surface area contributed by atoms with Gasteiger partial charge in [-0.25, -0.2) is 4.68 Å². The number of amides is 1. The van der Waals surface area contributed by atoms with Crippen molar-refractivity contribution in [1.29, 1.82) is 0 Å². The van der Waals surface area contributed by atoms with Crippen LogP contribution in [0.5, 0.6) is 5.75 Å². The van der Waals surface area contributed by atoms with Crippen molar-refractivity contribution in [3.63, 3.8) is 0 Å². The third kappa shape index (κ3) is 6.88. The van der Waals surface area contributed by atoms with Gasteiger partial charge < -0.3 is 15.4 Å². The van der Waals surface area contributed by atoms with Gasteiger partial charge in [0.05, 0.1) is 5.57 Å². The maximum absolute atomic E-state index is 14.1. The molecule has 0 fully saturated rings. The summed E-state index contributed by atoms with van der Waals surface area (Å²) in [7, 11) is 0. The molecule has 1 aromatic heterocycles. The molecule has 1 aliphatic rings. The number of fused-ring (bicyclic) bond motifs is 1. The number of aromatic nitrogens is 3. The lowest BCUT2D eigenvalue weighted by atomic mass is 9.94. The highest BCUT2D eigenvalue weighted by Crippen LogP contribution is 2.38. The summed E-state index contributed by atoms with van der Waals surface area (Å²) < 4.78 is 7.93. The zero-order valence-corrected chi connectivity index (χ0v) is 27.3. The smallest absolute Gasteiger partial charge is 0.255 e. The second-order valence-corrected chi connectivity index (χ2v) is 12.6. The SMILES string of the molecule is CC1=C(C(=O)Nc2ccc(C)cc2C)C(c2cccc(OCc3ccccc3Cl)c2)n2nc(SCc3ccccc3Cl)nc2N1. The van der Waals surface area contributed by atoms with E-state index < -0.39 is 6.04 Å². The van der Waals surface area contributed by atoms with E-state index in [9.17, 15) is 4.79 Å². The fourth-order valence-corrected chi connectivity index (χ4v) is 6.55. The van der Waals surface area contributed by atoms with Crippen LogP contribution < -0.4 is 15.4 Å². The van der Waals surface area contributed by atoms with E-state index in [-0.39, 0.29) is 5.91 Å². The van der Waals surface area contributed by atoms with Crippen LogP contribution in [0.15, 0.2) is 107 Å². The molecule has 1 amide bonds. The number of rotatable bonds is 9. The molecule has 1 unspecified atom stereocenters. The number of nitrogens with zero attached hydrogens (tertiary/aromatic N) is 3. The van der Waals surface area contributed by atoms with Crippen molar-refractivity contribution in [3.8, 4) is 5.75 Å². The molecule has 0 spiro atoms. The molecule has 228 valence electrons. The van der Waals surface area contributed by atoms with Gasteiger partial charge in [-0.05, 0) is 67.8 Å². The van der Waals surface area contributed by atoms with Crippen molar-refractivity contribution in [2.75, 3.05) is 10.6 Å². The molecule has 1 atom stereocenters. The van der Waals surface area contributed by atoms with Crippen LogP contribution in [0.4, 0.5) is 11.6 Å². The predicted molar refractivity (Wildman–Crippen MR) is 182 cm³/mol. The summed E-state index contributed by atoms with van der Waals surface area (Å²) in [6, 6.07) is 28.4. The van der Waals surface area contributed by atoms with Crippen molar-refractivity contribution in [1.82, 2.24) is 14.8 Å². The Morgan fingerprint density at radius 2 is 1.67 bits per heavy atom. The number of anilines is 2. The van der Waals surface area contributed by atoms with Crippen LogP contribution in [-0.4, -0.2) is 20.7 Å². The molecule has 5 aromatic rings. The molecule has 0 saturated carbocycles. The molecule has 2 N–H and O–H groups in total. The number of hydrogen-bond donors (Lipinski definition) is 2. The highest BCUT2D eigenvalue weighted by Gasteiger charge is 2.35. The molecule has 45 heavy (non-hydrogen) atoms. The van der Waals surface area contributed by atoms with E-state index >= 15 is 0 Å². The van der Waals surface area contributed by atoms with Gasteiger partial charge in [0.25, 0.3) is 5.91 Å². The van der Waals surface area contributed by atoms with Crippen LogP contribution in [0.1, 0.15) is 40.8 Å². The van der Waals surface area contributed by atoms with E-state index in [2.05, 4.69) is 10.6 Å². The summed E-state index contributed by atoms with van der Waals surface area (Å²) in [5, 5.41) is 13.2. The Bertz CT molecular complexity index is 1920. The van der Waals surface area contributed by atoms with Crippen LogP contribution in [0.3, 0.4) is 0 Å². The first-order valence-electron chi connectivity index (χ1n) is 14.4. The topological polar surface area (TPSA) is 81.1 Å². The fraction of sp³-hybridized carbons (Fsp3) is 0.171. The van der Waals surface area contributed by atoms with Gasteiger partial charge in [0.2, 0.25) is 11.1 Å². The Morgan fingerprint density at radius 3 is 2.40 bits per heavy atom. The van der Waals surface area contributed by atoms with Gasteiger partial charge in [0, 0.05) is 32.7 Å². The third-order valence-corrected chi connectivity index (χ3v) is 9.17. The average Bonchev–Trinajstić information content (AvgIpc) is 3.43. The molecule has 1 aliphatic heterocycles. The number of allylic oxidation sites excluding steroid dienone is 1. The summed E-state index contributed by atoms with van der Waals surface area (Å²) in [6.45, 7) is 6.21. The minimum absolute atomic E-state index is 0.231. The number of aryl methyl sites for hydroxylation is 2. The minimum Gasteiger partial charge on any atom is -0.489 e.